The Labute approximate surface area is 164 Å². The van der Waals surface area contributed by atoms with E-state index < -0.39 is 5.76 Å². The monoisotopic (exact) mass is 382 g/mol. The number of aryl methyl sites for hydroxylation is 1. The molecule has 0 saturated carbocycles. The summed E-state index contributed by atoms with van der Waals surface area (Å²) in [6, 6.07) is 15.3. The Morgan fingerprint density at radius 3 is 2.64 bits per heavy atom. The number of hydrogen-bond donors (Lipinski definition) is 1. The van der Waals surface area contributed by atoms with Gasteiger partial charge in [-0.3, -0.25) is 9.36 Å². The van der Waals surface area contributed by atoms with Crippen molar-refractivity contribution in [3.8, 4) is 5.75 Å². The first kappa shape index (κ1) is 19.7. The summed E-state index contributed by atoms with van der Waals surface area (Å²) in [6.45, 7) is 5.60. The van der Waals surface area contributed by atoms with E-state index in [0.29, 0.717) is 44.0 Å². The molecule has 148 valence electrons. The summed E-state index contributed by atoms with van der Waals surface area (Å²) in [5.74, 6) is 0.840. The summed E-state index contributed by atoms with van der Waals surface area (Å²) in [5.41, 5.74) is 2.59. The highest BCUT2D eigenvalue weighted by atomic mass is 16.5. The molecule has 0 atom stereocenters. The summed E-state index contributed by atoms with van der Waals surface area (Å²) in [7, 11) is 0. The van der Waals surface area contributed by atoms with Crippen LogP contribution in [0.25, 0.3) is 11.1 Å². The van der Waals surface area contributed by atoms with Gasteiger partial charge in [0.05, 0.1) is 12.1 Å². The highest BCUT2D eigenvalue weighted by Crippen LogP contribution is 2.18. The van der Waals surface area contributed by atoms with Crippen LogP contribution in [0.15, 0.2) is 57.7 Å². The second-order valence-electron chi connectivity index (χ2n) is 7.01. The van der Waals surface area contributed by atoms with E-state index in [4.69, 9.17) is 9.15 Å². The number of benzene rings is 2. The van der Waals surface area contributed by atoms with E-state index in [1.165, 1.54) is 5.56 Å². The lowest BCUT2D eigenvalue weighted by atomic mass is 10.0. The number of nitrogens with one attached hydrogen (secondary N) is 1. The highest BCUT2D eigenvalue weighted by Gasteiger charge is 2.09. The van der Waals surface area contributed by atoms with Gasteiger partial charge >= 0.3 is 5.76 Å². The molecule has 0 radical (unpaired) electrons. The van der Waals surface area contributed by atoms with Crippen LogP contribution in [-0.2, 0) is 11.3 Å². The quantitative estimate of drug-likeness (QED) is 0.573. The van der Waals surface area contributed by atoms with E-state index in [2.05, 4.69) is 31.3 Å². The summed E-state index contributed by atoms with van der Waals surface area (Å²) < 4.78 is 12.4. The molecule has 28 heavy (non-hydrogen) atoms. The van der Waals surface area contributed by atoms with Crippen molar-refractivity contribution in [3.05, 3.63) is 64.6 Å². The van der Waals surface area contributed by atoms with Crippen LogP contribution in [0.3, 0.4) is 0 Å². The predicted molar refractivity (Wildman–Crippen MR) is 109 cm³/mol. The third kappa shape index (κ3) is 5.03. The number of nitrogens with zero attached hydrogens (tertiary/aromatic N) is 1. The molecule has 1 heterocycles. The zero-order valence-corrected chi connectivity index (χ0v) is 16.3. The zero-order valence-electron chi connectivity index (χ0n) is 16.3. The topological polar surface area (TPSA) is 73.5 Å². The average molecular weight is 382 g/mol. The second kappa shape index (κ2) is 9.26. The maximum atomic E-state index is 12.0. The first-order chi connectivity index (χ1) is 13.5. The molecular formula is C22H26N2O4. The Morgan fingerprint density at radius 1 is 1.14 bits per heavy atom. The molecule has 6 nitrogen and oxygen atoms in total. The lowest BCUT2D eigenvalue weighted by molar-refractivity contribution is -0.121. The average Bonchev–Trinajstić information content (AvgIpc) is 3.01. The van der Waals surface area contributed by atoms with Crippen molar-refractivity contribution in [1.29, 1.82) is 0 Å². The molecule has 6 heteroatoms. The highest BCUT2D eigenvalue weighted by molar-refractivity contribution is 5.76. The first-order valence-electron chi connectivity index (χ1n) is 9.62. The summed E-state index contributed by atoms with van der Waals surface area (Å²) in [4.78, 5) is 23.9. The Kier molecular flexibility index (Phi) is 6.53. The van der Waals surface area contributed by atoms with E-state index in [0.717, 1.165) is 11.3 Å². The lowest BCUT2D eigenvalue weighted by Gasteiger charge is -2.10. The van der Waals surface area contributed by atoms with Crippen LogP contribution in [0, 0.1) is 0 Å². The molecule has 3 aromatic rings. The van der Waals surface area contributed by atoms with Crippen molar-refractivity contribution in [2.75, 3.05) is 13.2 Å². The number of carbonyl (C=O) groups excluding carboxylic acids is 1. The van der Waals surface area contributed by atoms with Crippen LogP contribution in [0.1, 0.15) is 38.2 Å². The Balaban J connectivity index is 1.36. The van der Waals surface area contributed by atoms with Crippen LogP contribution < -0.4 is 15.8 Å². The van der Waals surface area contributed by atoms with E-state index >= 15 is 0 Å². The molecule has 0 unspecified atom stereocenters. The fourth-order valence-electron chi connectivity index (χ4n) is 3.02. The van der Waals surface area contributed by atoms with Gasteiger partial charge in [0, 0.05) is 13.0 Å². The number of fused-ring (bicyclic) bond motifs is 1. The van der Waals surface area contributed by atoms with Crippen molar-refractivity contribution >= 4 is 17.0 Å². The van der Waals surface area contributed by atoms with Gasteiger partial charge in [-0.25, -0.2) is 4.79 Å². The number of rotatable bonds is 9. The standard InChI is InChI=1S/C22H26N2O4/c1-16(2)17-9-11-18(12-10-17)27-15-13-23-21(25)8-5-14-24-19-6-3-4-7-20(19)28-22(24)26/h3-4,6-7,9-12,16H,5,8,13-15H2,1-2H3,(H,23,25). The molecule has 0 aliphatic carbocycles. The van der Waals surface area contributed by atoms with Gasteiger partial charge in [-0.15, -0.1) is 0 Å². The molecule has 2 aromatic carbocycles. The Bertz CT molecular complexity index is 970. The Morgan fingerprint density at radius 2 is 1.89 bits per heavy atom. The van der Waals surface area contributed by atoms with Gasteiger partial charge in [-0.2, -0.15) is 0 Å². The predicted octanol–water partition coefficient (Wildman–Crippen LogP) is 3.69. The van der Waals surface area contributed by atoms with Crippen molar-refractivity contribution in [2.45, 2.75) is 39.2 Å². The normalized spacial score (nSPS) is 11.1. The van der Waals surface area contributed by atoms with Gasteiger partial charge < -0.3 is 14.5 Å². The van der Waals surface area contributed by atoms with Gasteiger partial charge in [0.15, 0.2) is 5.58 Å². The number of aromatic nitrogens is 1. The molecule has 1 aromatic heterocycles. The lowest BCUT2D eigenvalue weighted by Crippen LogP contribution is -2.28. The van der Waals surface area contributed by atoms with E-state index in [-0.39, 0.29) is 5.91 Å². The number of amides is 1. The van der Waals surface area contributed by atoms with E-state index in [1.807, 2.05) is 30.3 Å². The fourth-order valence-corrected chi connectivity index (χ4v) is 3.02. The van der Waals surface area contributed by atoms with Gasteiger partial charge in [-0.1, -0.05) is 38.1 Å². The van der Waals surface area contributed by atoms with Gasteiger partial charge in [0.1, 0.15) is 12.4 Å². The molecule has 0 aliphatic rings. The number of oxazole rings is 1. The van der Waals surface area contributed by atoms with Crippen LogP contribution in [-0.4, -0.2) is 23.6 Å². The van der Waals surface area contributed by atoms with Crippen LogP contribution in [0.5, 0.6) is 5.75 Å². The maximum absolute atomic E-state index is 12.0. The van der Waals surface area contributed by atoms with Crippen LogP contribution >= 0.6 is 0 Å². The molecule has 0 fully saturated rings. The SMILES string of the molecule is CC(C)c1ccc(OCCNC(=O)CCCn2c(=O)oc3ccccc32)cc1. The smallest absolute Gasteiger partial charge is 0.419 e. The fraction of sp³-hybridized carbons (Fsp3) is 0.364. The molecule has 0 bridgehead atoms. The molecule has 1 amide bonds. The minimum absolute atomic E-state index is 0.0559. The third-order valence-corrected chi connectivity index (χ3v) is 4.60. The number of carbonyl (C=O) groups is 1. The Hall–Kier alpha value is -3.02. The number of para-hydroxylation sites is 2. The van der Waals surface area contributed by atoms with Crippen molar-refractivity contribution < 1.29 is 13.9 Å². The minimum atomic E-state index is -0.390. The van der Waals surface area contributed by atoms with Crippen molar-refractivity contribution in [2.24, 2.45) is 0 Å². The van der Waals surface area contributed by atoms with Gasteiger partial charge in [-0.05, 0) is 42.2 Å². The van der Waals surface area contributed by atoms with Crippen molar-refractivity contribution in [1.82, 2.24) is 9.88 Å². The van der Waals surface area contributed by atoms with Gasteiger partial charge in [0.2, 0.25) is 5.91 Å². The summed E-state index contributed by atoms with van der Waals surface area (Å²) in [5, 5.41) is 2.84. The molecule has 1 N–H and O–H groups in total. The zero-order chi connectivity index (χ0) is 19.9. The minimum Gasteiger partial charge on any atom is -0.492 e. The molecule has 0 aliphatic heterocycles. The number of hydrogen-bond acceptors (Lipinski definition) is 4. The third-order valence-electron chi connectivity index (χ3n) is 4.60. The van der Waals surface area contributed by atoms with Crippen molar-refractivity contribution in [3.63, 3.8) is 0 Å². The van der Waals surface area contributed by atoms with E-state index in [1.54, 1.807) is 10.6 Å². The molecular weight excluding hydrogens is 356 g/mol. The molecule has 3 rings (SSSR count). The summed E-state index contributed by atoms with van der Waals surface area (Å²) in [6.07, 6.45) is 0.905. The molecule has 0 spiro atoms. The van der Waals surface area contributed by atoms with Crippen LogP contribution in [0.4, 0.5) is 0 Å². The first-order valence-corrected chi connectivity index (χ1v) is 9.62. The van der Waals surface area contributed by atoms with Crippen LogP contribution in [0.2, 0.25) is 0 Å². The second-order valence-corrected chi connectivity index (χ2v) is 7.01. The number of ether oxygens (including phenoxy) is 1. The largest absolute Gasteiger partial charge is 0.492 e. The maximum Gasteiger partial charge on any atom is 0.419 e. The summed E-state index contributed by atoms with van der Waals surface area (Å²) >= 11 is 0. The van der Waals surface area contributed by atoms with Gasteiger partial charge in [0.25, 0.3) is 0 Å². The van der Waals surface area contributed by atoms with E-state index in [9.17, 15) is 9.59 Å². The molecule has 0 saturated heterocycles.